The first kappa shape index (κ1) is 19.7. The molecule has 1 saturated heterocycles. The molecule has 4 heterocycles. The van der Waals surface area contributed by atoms with E-state index in [0.29, 0.717) is 40.4 Å². The average Bonchev–Trinajstić information content (AvgIpc) is 3.36. The zero-order valence-corrected chi connectivity index (χ0v) is 17.4. The number of hydrogen-bond acceptors (Lipinski definition) is 6. The van der Waals surface area contributed by atoms with Crippen molar-refractivity contribution in [2.24, 2.45) is 5.92 Å². The molecule has 0 bridgehead atoms. The summed E-state index contributed by atoms with van der Waals surface area (Å²) in [6.07, 6.45) is 7.02. The zero-order valence-electron chi connectivity index (χ0n) is 16.6. The van der Waals surface area contributed by atoms with Crippen LogP contribution in [0.1, 0.15) is 12.8 Å². The molecule has 9 heteroatoms. The number of benzene rings is 1. The van der Waals surface area contributed by atoms with Crippen molar-refractivity contribution in [3.05, 3.63) is 66.0 Å². The number of nitrogens with zero attached hydrogens (tertiary/aromatic N) is 4. The Labute approximate surface area is 183 Å². The highest BCUT2D eigenvalue weighted by atomic mass is 35.5. The van der Waals surface area contributed by atoms with Gasteiger partial charge in [-0.15, -0.1) is 0 Å². The number of oxazole rings is 1. The normalized spacial score (nSPS) is 14.8. The number of imidazole rings is 1. The molecule has 0 atom stereocenters. The fraction of sp³-hybridized carbons (Fsp3) is 0.227. The van der Waals surface area contributed by atoms with Gasteiger partial charge in [-0.25, -0.2) is 14.4 Å². The highest BCUT2D eigenvalue weighted by Crippen LogP contribution is 2.36. The quantitative estimate of drug-likeness (QED) is 0.467. The van der Waals surface area contributed by atoms with Crippen LogP contribution in [0.3, 0.4) is 0 Å². The van der Waals surface area contributed by atoms with Crippen LogP contribution in [-0.4, -0.2) is 32.4 Å². The molecule has 1 aliphatic rings. The lowest BCUT2D eigenvalue weighted by Gasteiger charge is -2.24. The van der Waals surface area contributed by atoms with E-state index in [4.69, 9.17) is 21.0 Å². The van der Waals surface area contributed by atoms with Crippen LogP contribution in [-0.2, 0) is 0 Å². The fourth-order valence-corrected chi connectivity index (χ4v) is 4.12. The zero-order chi connectivity index (χ0) is 21.4. The summed E-state index contributed by atoms with van der Waals surface area (Å²) in [5, 5.41) is 6.87. The van der Waals surface area contributed by atoms with Gasteiger partial charge in [-0.05, 0) is 50.2 Å². The van der Waals surface area contributed by atoms with E-state index in [9.17, 15) is 4.39 Å². The van der Waals surface area contributed by atoms with Gasteiger partial charge in [0.25, 0.3) is 0 Å². The first-order valence-corrected chi connectivity index (χ1v) is 10.4. The third kappa shape index (κ3) is 3.80. The van der Waals surface area contributed by atoms with E-state index >= 15 is 0 Å². The van der Waals surface area contributed by atoms with Gasteiger partial charge in [0, 0.05) is 29.6 Å². The summed E-state index contributed by atoms with van der Waals surface area (Å²) in [6, 6.07) is 6.00. The van der Waals surface area contributed by atoms with Crippen molar-refractivity contribution in [1.82, 2.24) is 24.7 Å². The largest absolute Gasteiger partial charge is 0.432 e. The molecule has 0 unspecified atom stereocenters. The molecule has 0 aliphatic carbocycles. The third-order valence-corrected chi connectivity index (χ3v) is 5.76. The van der Waals surface area contributed by atoms with Gasteiger partial charge in [-0.3, -0.25) is 4.40 Å². The molecule has 7 nitrogen and oxygen atoms in total. The smallest absolute Gasteiger partial charge is 0.306 e. The minimum absolute atomic E-state index is 0.258. The first-order chi connectivity index (χ1) is 15.1. The van der Waals surface area contributed by atoms with Crippen molar-refractivity contribution in [2.75, 3.05) is 18.4 Å². The van der Waals surface area contributed by atoms with Gasteiger partial charge in [0.15, 0.2) is 0 Å². The van der Waals surface area contributed by atoms with E-state index < -0.39 is 5.82 Å². The highest BCUT2D eigenvalue weighted by molar-refractivity contribution is 6.33. The Bertz CT molecular complexity index is 1260. The van der Waals surface area contributed by atoms with Crippen LogP contribution >= 0.6 is 11.6 Å². The van der Waals surface area contributed by atoms with Crippen LogP contribution in [0.4, 0.5) is 10.3 Å². The molecule has 5 rings (SSSR count). The topological polar surface area (TPSA) is 80.3 Å². The van der Waals surface area contributed by atoms with Crippen molar-refractivity contribution < 1.29 is 8.81 Å². The molecule has 1 aromatic carbocycles. The van der Waals surface area contributed by atoms with Crippen LogP contribution in [0.25, 0.3) is 28.5 Å². The lowest BCUT2D eigenvalue weighted by atomic mass is 9.95. The Morgan fingerprint density at radius 3 is 2.90 bits per heavy atom. The van der Waals surface area contributed by atoms with Crippen molar-refractivity contribution in [3.63, 3.8) is 0 Å². The van der Waals surface area contributed by atoms with Gasteiger partial charge in [0.1, 0.15) is 23.5 Å². The SMILES string of the molecule is C=C(Nc1nccc(-c2c(-c3ccc(F)cc3Cl)nc3occn23)n1)C1CCNCC1. The number of allylic oxidation sites excluding steroid dienone is 1. The molecule has 1 aliphatic heterocycles. The van der Waals surface area contributed by atoms with Gasteiger partial charge in [-0.1, -0.05) is 18.2 Å². The van der Waals surface area contributed by atoms with Gasteiger partial charge in [0.05, 0.1) is 10.7 Å². The molecule has 0 spiro atoms. The van der Waals surface area contributed by atoms with Gasteiger partial charge < -0.3 is 15.1 Å². The minimum Gasteiger partial charge on any atom is -0.432 e. The van der Waals surface area contributed by atoms with Crippen molar-refractivity contribution in [1.29, 1.82) is 0 Å². The molecular formula is C22H20ClFN6O. The van der Waals surface area contributed by atoms with Gasteiger partial charge in [-0.2, -0.15) is 4.98 Å². The van der Waals surface area contributed by atoms with Crippen LogP contribution in [0.2, 0.25) is 5.02 Å². The molecule has 3 aromatic heterocycles. The number of nitrogens with one attached hydrogen (secondary N) is 2. The molecule has 31 heavy (non-hydrogen) atoms. The predicted molar refractivity (Wildman–Crippen MR) is 117 cm³/mol. The molecule has 1 fully saturated rings. The van der Waals surface area contributed by atoms with Crippen molar-refractivity contribution in [2.45, 2.75) is 12.8 Å². The third-order valence-electron chi connectivity index (χ3n) is 5.45. The maximum absolute atomic E-state index is 13.6. The Morgan fingerprint density at radius 2 is 2.10 bits per heavy atom. The number of hydrogen-bond donors (Lipinski definition) is 2. The lowest BCUT2D eigenvalue weighted by Crippen LogP contribution is -2.30. The maximum Gasteiger partial charge on any atom is 0.306 e. The second kappa shape index (κ2) is 8.13. The summed E-state index contributed by atoms with van der Waals surface area (Å²) in [4.78, 5) is 13.6. The van der Waals surface area contributed by atoms with E-state index in [1.807, 2.05) is 0 Å². The number of aromatic nitrogens is 4. The Kier molecular flexibility index (Phi) is 5.17. The van der Waals surface area contributed by atoms with Gasteiger partial charge in [0.2, 0.25) is 5.95 Å². The van der Waals surface area contributed by atoms with Crippen molar-refractivity contribution >= 4 is 23.4 Å². The van der Waals surface area contributed by atoms with Crippen molar-refractivity contribution in [3.8, 4) is 22.6 Å². The maximum atomic E-state index is 13.6. The highest BCUT2D eigenvalue weighted by Gasteiger charge is 2.22. The van der Waals surface area contributed by atoms with Crippen LogP contribution < -0.4 is 10.6 Å². The number of halogens is 2. The second-order valence-electron chi connectivity index (χ2n) is 7.43. The first-order valence-electron chi connectivity index (χ1n) is 10.0. The number of fused-ring (bicyclic) bond motifs is 1. The molecule has 158 valence electrons. The summed E-state index contributed by atoms with van der Waals surface area (Å²) in [7, 11) is 0. The Morgan fingerprint density at radius 1 is 1.26 bits per heavy atom. The molecular weight excluding hydrogens is 419 g/mol. The molecule has 2 N–H and O–H groups in total. The predicted octanol–water partition coefficient (Wildman–Crippen LogP) is 4.77. The van der Waals surface area contributed by atoms with Crippen LogP contribution in [0.15, 0.2) is 59.6 Å². The summed E-state index contributed by atoms with van der Waals surface area (Å²) >= 11 is 6.32. The molecule has 0 radical (unpaired) electrons. The summed E-state index contributed by atoms with van der Waals surface area (Å²) in [5.41, 5.74) is 3.34. The lowest BCUT2D eigenvalue weighted by molar-refractivity contribution is 0.422. The Hall–Kier alpha value is -3.23. The standard InChI is InChI=1S/C22H20ClFN6O/c1-13(14-4-7-25-8-5-14)27-21-26-9-6-18(28-21)20-19(29-22-30(20)10-11-31-22)16-3-2-15(24)12-17(16)23/h2-3,6,9-12,14,25H,1,4-5,7-8H2,(H,26,27,28). The van der Waals surface area contributed by atoms with E-state index in [0.717, 1.165) is 31.6 Å². The van der Waals surface area contributed by atoms with Gasteiger partial charge >= 0.3 is 5.84 Å². The number of piperidine rings is 1. The van der Waals surface area contributed by atoms with Crippen LogP contribution in [0, 0.1) is 11.7 Å². The molecule has 0 amide bonds. The minimum atomic E-state index is -0.414. The van der Waals surface area contributed by atoms with E-state index in [-0.39, 0.29) is 5.02 Å². The molecule has 4 aromatic rings. The second-order valence-corrected chi connectivity index (χ2v) is 7.84. The summed E-state index contributed by atoms with van der Waals surface area (Å²) in [5.74, 6) is 0.800. The summed E-state index contributed by atoms with van der Waals surface area (Å²) < 4.78 is 20.8. The number of rotatable bonds is 5. The molecule has 0 saturated carbocycles. The van der Waals surface area contributed by atoms with E-state index in [1.165, 1.54) is 12.1 Å². The average molecular weight is 439 g/mol. The monoisotopic (exact) mass is 438 g/mol. The number of anilines is 1. The fourth-order valence-electron chi connectivity index (χ4n) is 3.87. The Balaban J connectivity index is 1.54. The van der Waals surface area contributed by atoms with E-state index in [1.54, 1.807) is 35.2 Å². The van der Waals surface area contributed by atoms with Crippen LogP contribution in [0.5, 0.6) is 0 Å². The summed E-state index contributed by atoms with van der Waals surface area (Å²) in [6.45, 7) is 6.14. The van der Waals surface area contributed by atoms with E-state index in [2.05, 4.69) is 27.2 Å².